The van der Waals surface area contributed by atoms with Crippen molar-refractivity contribution in [2.45, 2.75) is 4.87 Å². The van der Waals surface area contributed by atoms with Crippen molar-refractivity contribution >= 4 is 16.9 Å². The van der Waals surface area contributed by atoms with Crippen molar-refractivity contribution in [1.29, 1.82) is 0 Å². The van der Waals surface area contributed by atoms with E-state index in [0.717, 1.165) is 22.3 Å². The second-order valence-corrected chi connectivity index (χ2v) is 7.81. The molecule has 2 atom stereocenters. The Balaban J connectivity index is 1.94. The lowest BCUT2D eigenvalue weighted by Gasteiger charge is -2.27. The first-order valence-corrected chi connectivity index (χ1v) is 9.46. The molecule has 1 aliphatic rings. The zero-order valence-electron chi connectivity index (χ0n) is 14.4. The SMILES string of the molecule is CN1C(N)=NC(c2ccccc2)(c2cccc(-c3ccccc3)c2)S1=O. The molecule has 4 nitrogen and oxygen atoms in total. The van der Waals surface area contributed by atoms with Crippen LogP contribution in [-0.2, 0) is 15.9 Å². The van der Waals surface area contributed by atoms with Gasteiger partial charge in [-0.2, -0.15) is 0 Å². The number of hydrogen-bond donors (Lipinski definition) is 1. The summed E-state index contributed by atoms with van der Waals surface area (Å²) in [6.45, 7) is 0. The van der Waals surface area contributed by atoms with Crippen LogP contribution in [0.1, 0.15) is 11.1 Å². The van der Waals surface area contributed by atoms with Crippen LogP contribution in [0.4, 0.5) is 0 Å². The van der Waals surface area contributed by atoms with Gasteiger partial charge in [-0.3, -0.25) is 4.31 Å². The number of aliphatic imine (C=N–C) groups is 1. The van der Waals surface area contributed by atoms with Crippen LogP contribution in [0.2, 0.25) is 0 Å². The second-order valence-electron chi connectivity index (χ2n) is 6.17. The Bertz CT molecular complexity index is 988. The normalized spacial score (nSPS) is 22.3. The fraction of sp³-hybridized carbons (Fsp3) is 0.0952. The van der Waals surface area contributed by atoms with Gasteiger partial charge in [0.2, 0.25) is 10.8 Å². The lowest BCUT2D eigenvalue weighted by molar-refractivity contribution is 0.627. The number of nitrogens with two attached hydrogens (primary N) is 1. The third-order valence-electron chi connectivity index (χ3n) is 4.62. The van der Waals surface area contributed by atoms with Crippen molar-refractivity contribution in [2.24, 2.45) is 10.7 Å². The summed E-state index contributed by atoms with van der Waals surface area (Å²) in [6, 6.07) is 27.9. The smallest absolute Gasteiger partial charge is 0.208 e. The first-order valence-electron chi connectivity index (χ1n) is 8.35. The molecule has 3 aromatic rings. The molecule has 0 aliphatic carbocycles. The Morgan fingerprint density at radius 1 is 0.846 bits per heavy atom. The summed E-state index contributed by atoms with van der Waals surface area (Å²) in [5, 5.41) is 0. The lowest BCUT2D eigenvalue weighted by atomic mass is 9.95. The van der Waals surface area contributed by atoms with Crippen LogP contribution in [0, 0.1) is 0 Å². The number of hydrogen-bond acceptors (Lipinski definition) is 3. The molecule has 1 aliphatic heterocycles. The maximum Gasteiger partial charge on any atom is 0.208 e. The van der Waals surface area contributed by atoms with Gasteiger partial charge in [0.25, 0.3) is 0 Å². The molecular weight excluding hydrogens is 342 g/mol. The van der Waals surface area contributed by atoms with Crippen LogP contribution >= 0.6 is 0 Å². The summed E-state index contributed by atoms with van der Waals surface area (Å²) in [4.78, 5) is 3.64. The molecule has 1 heterocycles. The highest BCUT2D eigenvalue weighted by atomic mass is 32.2. The highest BCUT2D eigenvalue weighted by molar-refractivity contribution is 7.84. The van der Waals surface area contributed by atoms with E-state index in [1.807, 2.05) is 66.7 Å². The first-order chi connectivity index (χ1) is 12.6. The van der Waals surface area contributed by atoms with Gasteiger partial charge in [0, 0.05) is 7.05 Å². The zero-order valence-corrected chi connectivity index (χ0v) is 15.2. The van der Waals surface area contributed by atoms with Crippen molar-refractivity contribution in [1.82, 2.24) is 4.31 Å². The third-order valence-corrected chi connectivity index (χ3v) is 6.37. The molecule has 0 spiro atoms. The van der Waals surface area contributed by atoms with Gasteiger partial charge >= 0.3 is 0 Å². The summed E-state index contributed by atoms with van der Waals surface area (Å²) in [5.41, 5.74) is 9.92. The molecule has 2 unspecified atom stereocenters. The standard InChI is InChI=1S/C21H19N3OS/c1-24-20(22)23-21(26(24)25,18-12-6-3-7-13-18)19-14-8-11-17(15-19)16-9-4-2-5-10-16/h2-15H,1H3,(H2,22,23). The Morgan fingerprint density at radius 3 is 2.04 bits per heavy atom. The van der Waals surface area contributed by atoms with Crippen LogP contribution in [-0.4, -0.2) is 21.5 Å². The van der Waals surface area contributed by atoms with Gasteiger partial charge in [0.1, 0.15) is 0 Å². The molecule has 0 fully saturated rings. The fourth-order valence-corrected chi connectivity index (χ4v) is 4.70. The average molecular weight is 361 g/mol. The highest BCUT2D eigenvalue weighted by Crippen LogP contribution is 2.42. The molecule has 3 aromatic carbocycles. The Kier molecular flexibility index (Phi) is 4.09. The largest absolute Gasteiger partial charge is 0.369 e. The lowest BCUT2D eigenvalue weighted by Crippen LogP contribution is -2.35. The summed E-state index contributed by atoms with van der Waals surface area (Å²) in [6.07, 6.45) is 0. The number of guanidine groups is 1. The predicted molar refractivity (Wildman–Crippen MR) is 107 cm³/mol. The highest BCUT2D eigenvalue weighted by Gasteiger charge is 2.48. The second kappa shape index (κ2) is 6.42. The summed E-state index contributed by atoms with van der Waals surface area (Å²) >= 11 is 0. The Hall–Kier alpha value is -2.92. The van der Waals surface area contributed by atoms with Gasteiger partial charge in [-0.05, 0) is 28.3 Å². The summed E-state index contributed by atoms with van der Waals surface area (Å²) in [7, 11) is 0.253. The molecule has 0 radical (unpaired) electrons. The average Bonchev–Trinajstić information content (AvgIpc) is 2.94. The van der Waals surface area contributed by atoms with Gasteiger partial charge in [0.05, 0.1) is 0 Å². The fourth-order valence-electron chi connectivity index (χ4n) is 3.26. The van der Waals surface area contributed by atoms with E-state index in [1.165, 1.54) is 4.31 Å². The third kappa shape index (κ3) is 2.52. The molecule has 0 saturated heterocycles. The van der Waals surface area contributed by atoms with E-state index >= 15 is 0 Å². The quantitative estimate of drug-likeness (QED) is 0.776. The molecule has 0 saturated carbocycles. The summed E-state index contributed by atoms with van der Waals surface area (Å²) < 4.78 is 14.9. The maximum absolute atomic E-state index is 13.3. The topological polar surface area (TPSA) is 58.7 Å². The molecule has 130 valence electrons. The molecule has 4 rings (SSSR count). The number of rotatable bonds is 3. The van der Waals surface area contributed by atoms with E-state index in [0.29, 0.717) is 0 Å². The molecule has 0 bridgehead atoms. The van der Waals surface area contributed by atoms with Crippen LogP contribution in [0.15, 0.2) is 89.9 Å². The first kappa shape index (κ1) is 16.5. The van der Waals surface area contributed by atoms with Crippen molar-refractivity contribution in [3.05, 3.63) is 96.1 Å². The minimum atomic E-state index is -1.46. The van der Waals surface area contributed by atoms with E-state index in [1.54, 1.807) is 7.05 Å². The van der Waals surface area contributed by atoms with Crippen LogP contribution < -0.4 is 5.73 Å². The maximum atomic E-state index is 13.3. The van der Waals surface area contributed by atoms with E-state index < -0.39 is 15.9 Å². The Labute approximate surface area is 155 Å². The van der Waals surface area contributed by atoms with Crippen LogP contribution in [0.25, 0.3) is 11.1 Å². The Morgan fingerprint density at radius 2 is 1.42 bits per heavy atom. The number of benzene rings is 3. The zero-order chi connectivity index (χ0) is 18.1. The van der Waals surface area contributed by atoms with Gasteiger partial charge in [-0.15, -0.1) is 0 Å². The van der Waals surface area contributed by atoms with Crippen LogP contribution in [0.5, 0.6) is 0 Å². The molecule has 26 heavy (non-hydrogen) atoms. The van der Waals surface area contributed by atoms with E-state index in [9.17, 15) is 4.21 Å². The van der Waals surface area contributed by atoms with Crippen molar-refractivity contribution in [3.8, 4) is 11.1 Å². The van der Waals surface area contributed by atoms with E-state index in [2.05, 4.69) is 23.2 Å². The van der Waals surface area contributed by atoms with Crippen molar-refractivity contribution < 1.29 is 4.21 Å². The molecular formula is C21H19N3OS. The molecule has 5 heteroatoms. The molecule has 0 amide bonds. The molecule has 0 aromatic heterocycles. The molecule has 2 N–H and O–H groups in total. The van der Waals surface area contributed by atoms with E-state index in [4.69, 9.17) is 5.73 Å². The monoisotopic (exact) mass is 361 g/mol. The van der Waals surface area contributed by atoms with Gasteiger partial charge < -0.3 is 5.73 Å². The van der Waals surface area contributed by atoms with Gasteiger partial charge in [-0.25, -0.2) is 9.20 Å². The van der Waals surface area contributed by atoms with Crippen LogP contribution in [0.3, 0.4) is 0 Å². The van der Waals surface area contributed by atoms with Gasteiger partial charge in [-0.1, -0.05) is 78.9 Å². The number of nitrogens with zero attached hydrogens (tertiary/aromatic N) is 2. The van der Waals surface area contributed by atoms with E-state index in [-0.39, 0.29) is 5.96 Å². The predicted octanol–water partition coefficient (Wildman–Crippen LogP) is 3.48. The van der Waals surface area contributed by atoms with Crippen molar-refractivity contribution in [2.75, 3.05) is 7.05 Å². The summed E-state index contributed by atoms with van der Waals surface area (Å²) in [5.74, 6) is 0.275. The minimum absolute atomic E-state index is 0.275. The van der Waals surface area contributed by atoms with Crippen molar-refractivity contribution in [3.63, 3.8) is 0 Å². The minimum Gasteiger partial charge on any atom is -0.369 e. The van der Waals surface area contributed by atoms with Gasteiger partial charge in [0.15, 0.2) is 11.0 Å².